The summed E-state index contributed by atoms with van der Waals surface area (Å²) in [5, 5.41) is 9.24. The maximum Gasteiger partial charge on any atom is 0.182 e. The normalized spacial score (nSPS) is 13.3. The van der Waals surface area contributed by atoms with Gasteiger partial charge in [-0.25, -0.2) is 4.98 Å². The van der Waals surface area contributed by atoms with Gasteiger partial charge in [0, 0.05) is 18.3 Å². The third-order valence-corrected chi connectivity index (χ3v) is 1.83. The van der Waals surface area contributed by atoms with Crippen LogP contribution in [0.5, 0.6) is 0 Å². The second-order valence-electron chi connectivity index (χ2n) is 2.82. The Morgan fingerprint density at radius 3 is 3.08 bits per heavy atom. The molecule has 0 aromatic carbocycles. The molecule has 4 heteroatoms. The van der Waals surface area contributed by atoms with Gasteiger partial charge >= 0.3 is 0 Å². The van der Waals surface area contributed by atoms with Crippen molar-refractivity contribution >= 4 is 11.3 Å². The molecular formula is C9H8N2O2. The summed E-state index contributed by atoms with van der Waals surface area (Å²) in [6.45, 7) is 1.56. The third kappa shape index (κ3) is 1.16. The number of aromatic nitrogens is 2. The van der Waals surface area contributed by atoms with Crippen molar-refractivity contribution in [2.75, 3.05) is 0 Å². The number of fused-ring (bicyclic) bond motifs is 1. The Kier molecular flexibility index (Phi) is 1.55. The van der Waals surface area contributed by atoms with E-state index in [0.29, 0.717) is 11.0 Å². The van der Waals surface area contributed by atoms with E-state index in [1.54, 1.807) is 23.7 Å². The van der Waals surface area contributed by atoms with Crippen molar-refractivity contribution < 1.29 is 5.11 Å². The molecule has 0 fully saturated rings. The van der Waals surface area contributed by atoms with Crippen LogP contribution in [0.2, 0.25) is 0 Å². The molecule has 66 valence electrons. The van der Waals surface area contributed by atoms with Crippen LogP contribution in [-0.2, 0) is 0 Å². The van der Waals surface area contributed by atoms with Gasteiger partial charge in [-0.15, -0.1) is 0 Å². The molecule has 13 heavy (non-hydrogen) atoms. The molecule has 0 radical (unpaired) electrons. The summed E-state index contributed by atoms with van der Waals surface area (Å²) >= 11 is 0. The molecule has 0 bridgehead atoms. The number of nitrogens with zero attached hydrogens (tertiary/aromatic N) is 2. The standard InChI is InChI=1S/C9H8N2O2/c1-6(12)9-10-5-7-4-8(13)2-3-11(7)9/h2-5,12H,1H3/b9-6+. The molecule has 0 saturated heterocycles. The second kappa shape index (κ2) is 2.58. The van der Waals surface area contributed by atoms with Crippen molar-refractivity contribution in [3.05, 3.63) is 40.2 Å². The zero-order chi connectivity index (χ0) is 9.42. The molecule has 0 amide bonds. The smallest absolute Gasteiger partial charge is 0.182 e. The fraction of sp³-hybridized carbons (Fsp3) is 0.111. The quantitative estimate of drug-likeness (QED) is 0.619. The summed E-state index contributed by atoms with van der Waals surface area (Å²) in [7, 11) is 0. The van der Waals surface area contributed by atoms with E-state index in [9.17, 15) is 9.90 Å². The lowest BCUT2D eigenvalue weighted by molar-refractivity contribution is 0.493. The van der Waals surface area contributed by atoms with E-state index in [1.807, 2.05) is 0 Å². The number of rotatable bonds is 0. The van der Waals surface area contributed by atoms with Crippen LogP contribution in [0, 0.1) is 0 Å². The Hall–Kier alpha value is -1.84. The van der Waals surface area contributed by atoms with Crippen molar-refractivity contribution in [1.82, 2.24) is 9.38 Å². The highest BCUT2D eigenvalue weighted by Crippen LogP contribution is 1.93. The molecule has 2 rings (SSSR count). The average Bonchev–Trinajstić information content (AvgIpc) is 2.46. The zero-order valence-electron chi connectivity index (χ0n) is 7.06. The predicted molar refractivity (Wildman–Crippen MR) is 48.4 cm³/mol. The molecule has 2 aromatic rings. The van der Waals surface area contributed by atoms with E-state index in [4.69, 9.17) is 0 Å². The summed E-state index contributed by atoms with van der Waals surface area (Å²) in [6.07, 6.45) is 3.15. The highest BCUT2D eigenvalue weighted by molar-refractivity contribution is 5.45. The van der Waals surface area contributed by atoms with Crippen molar-refractivity contribution in [2.45, 2.75) is 6.92 Å². The van der Waals surface area contributed by atoms with Crippen LogP contribution in [-0.4, -0.2) is 14.5 Å². The Balaban J connectivity index is 3.01. The number of aliphatic hydroxyl groups excluding tert-OH is 1. The monoisotopic (exact) mass is 176 g/mol. The van der Waals surface area contributed by atoms with Crippen LogP contribution in [0.1, 0.15) is 6.92 Å². The minimum atomic E-state index is -0.0606. The van der Waals surface area contributed by atoms with Gasteiger partial charge in [0.2, 0.25) is 0 Å². The van der Waals surface area contributed by atoms with Crippen LogP contribution in [0.3, 0.4) is 0 Å². The molecule has 0 saturated carbocycles. The SMILES string of the molecule is C/C(O)=c1/ncc2cc(=O)ccn12. The number of pyridine rings is 1. The Labute approximate surface area is 73.8 Å². The first-order valence-corrected chi connectivity index (χ1v) is 3.85. The largest absolute Gasteiger partial charge is 0.509 e. The lowest BCUT2D eigenvalue weighted by Gasteiger charge is -1.91. The second-order valence-corrected chi connectivity index (χ2v) is 2.82. The van der Waals surface area contributed by atoms with Crippen LogP contribution in [0.4, 0.5) is 0 Å². The molecule has 1 N–H and O–H groups in total. The van der Waals surface area contributed by atoms with E-state index in [2.05, 4.69) is 4.98 Å². The molecule has 0 aliphatic rings. The molecule has 0 unspecified atom stereocenters. The van der Waals surface area contributed by atoms with Gasteiger partial charge in [0.05, 0.1) is 11.7 Å². The Bertz CT molecular complexity index is 552. The van der Waals surface area contributed by atoms with Gasteiger partial charge in [0.25, 0.3) is 0 Å². The van der Waals surface area contributed by atoms with Gasteiger partial charge in [-0.3, -0.25) is 9.20 Å². The van der Waals surface area contributed by atoms with E-state index in [0.717, 1.165) is 0 Å². The van der Waals surface area contributed by atoms with Crippen LogP contribution >= 0.6 is 0 Å². The van der Waals surface area contributed by atoms with Crippen molar-refractivity contribution in [2.24, 2.45) is 0 Å². The van der Waals surface area contributed by atoms with E-state index in [-0.39, 0.29) is 11.2 Å². The Morgan fingerprint density at radius 1 is 1.62 bits per heavy atom. The molecule has 0 atom stereocenters. The average molecular weight is 176 g/mol. The van der Waals surface area contributed by atoms with Gasteiger partial charge in [0.15, 0.2) is 10.9 Å². The fourth-order valence-electron chi connectivity index (χ4n) is 1.25. The number of imidazole rings is 1. The summed E-state index contributed by atoms with van der Waals surface area (Å²) < 4.78 is 1.66. The van der Waals surface area contributed by atoms with Crippen LogP contribution < -0.4 is 10.9 Å². The number of aliphatic hydroxyl groups is 1. The van der Waals surface area contributed by atoms with Crippen LogP contribution in [0.15, 0.2) is 29.3 Å². The maximum atomic E-state index is 11.0. The predicted octanol–water partition coefficient (Wildman–Crippen LogP) is 0.0995. The minimum absolute atomic E-state index is 0.0606. The summed E-state index contributed by atoms with van der Waals surface area (Å²) in [5.41, 5.74) is 1.10. The highest BCUT2D eigenvalue weighted by Gasteiger charge is 1.98. The van der Waals surface area contributed by atoms with Gasteiger partial charge in [0.1, 0.15) is 5.76 Å². The van der Waals surface area contributed by atoms with E-state index >= 15 is 0 Å². The topological polar surface area (TPSA) is 54.6 Å². The first kappa shape index (κ1) is 7.79. The summed E-state index contributed by atoms with van der Waals surface area (Å²) in [5.74, 6) is 0.138. The Morgan fingerprint density at radius 2 is 2.38 bits per heavy atom. The van der Waals surface area contributed by atoms with Gasteiger partial charge in [-0.05, 0) is 6.92 Å². The fourth-order valence-corrected chi connectivity index (χ4v) is 1.25. The van der Waals surface area contributed by atoms with Gasteiger partial charge in [-0.1, -0.05) is 0 Å². The third-order valence-electron chi connectivity index (χ3n) is 1.83. The van der Waals surface area contributed by atoms with E-state index < -0.39 is 0 Å². The molecule has 2 aromatic heterocycles. The molecule has 0 aliphatic carbocycles. The molecular weight excluding hydrogens is 168 g/mol. The lowest BCUT2D eigenvalue weighted by atomic mass is 10.4. The maximum absolute atomic E-state index is 11.0. The zero-order valence-corrected chi connectivity index (χ0v) is 7.06. The number of hydrogen-bond acceptors (Lipinski definition) is 3. The summed E-state index contributed by atoms with van der Waals surface area (Å²) in [6, 6.07) is 2.90. The van der Waals surface area contributed by atoms with Crippen molar-refractivity contribution in [3.8, 4) is 0 Å². The molecule has 0 spiro atoms. The highest BCUT2D eigenvalue weighted by atomic mass is 16.3. The summed E-state index contributed by atoms with van der Waals surface area (Å²) in [4.78, 5) is 14.9. The molecule has 4 nitrogen and oxygen atoms in total. The van der Waals surface area contributed by atoms with Crippen molar-refractivity contribution in [3.63, 3.8) is 0 Å². The van der Waals surface area contributed by atoms with Crippen LogP contribution in [0.25, 0.3) is 11.3 Å². The van der Waals surface area contributed by atoms with Gasteiger partial charge < -0.3 is 5.11 Å². The number of hydrogen-bond donors (Lipinski definition) is 1. The van der Waals surface area contributed by atoms with Gasteiger partial charge in [-0.2, -0.15) is 0 Å². The lowest BCUT2D eigenvalue weighted by Crippen LogP contribution is -2.15. The first-order valence-electron chi connectivity index (χ1n) is 3.85. The van der Waals surface area contributed by atoms with E-state index in [1.165, 1.54) is 12.1 Å². The van der Waals surface area contributed by atoms with Crippen molar-refractivity contribution in [1.29, 1.82) is 0 Å². The first-order chi connectivity index (χ1) is 6.18. The molecule has 2 heterocycles. The minimum Gasteiger partial charge on any atom is -0.509 e. The molecule has 0 aliphatic heterocycles.